The average Bonchev–Trinajstić information content (AvgIpc) is 2.78. The lowest BCUT2D eigenvalue weighted by atomic mass is 10.2. The van der Waals surface area contributed by atoms with Crippen LogP contribution in [0.5, 0.6) is 0 Å². The third-order valence-corrected chi connectivity index (χ3v) is 3.19. The molecular weight excluding hydrogens is 282 g/mol. The molecule has 1 heterocycles. The Morgan fingerprint density at radius 3 is 2.20 bits per heavy atom. The van der Waals surface area contributed by atoms with Gasteiger partial charge in [-0.2, -0.15) is 0 Å². The van der Waals surface area contributed by atoms with Crippen LogP contribution in [-0.2, 0) is 19.1 Å². The van der Waals surface area contributed by atoms with Gasteiger partial charge < -0.3 is 4.74 Å². The normalized spacial score (nSPS) is 16.1. The summed E-state index contributed by atoms with van der Waals surface area (Å²) in [4.78, 5) is 47.0. The fraction of sp³-hybridized carbons (Fsp3) is 0.231. The highest BCUT2D eigenvalue weighted by Crippen LogP contribution is 2.18. The summed E-state index contributed by atoms with van der Waals surface area (Å²) >= 11 is 3.88. The fourth-order valence-electron chi connectivity index (χ4n) is 1.75. The minimum atomic E-state index is -1.40. The second-order valence-electron chi connectivity index (χ2n) is 4.11. The molecule has 1 aliphatic rings. The Morgan fingerprint density at radius 2 is 1.65 bits per heavy atom. The quantitative estimate of drug-likeness (QED) is 0.385. The van der Waals surface area contributed by atoms with Gasteiger partial charge in [-0.3, -0.25) is 14.5 Å². The molecule has 7 heteroatoms. The highest BCUT2D eigenvalue weighted by Gasteiger charge is 2.38. The number of carbonyl (C=O) groups is 4. The van der Waals surface area contributed by atoms with Gasteiger partial charge in [-0.15, -0.1) is 12.6 Å². The van der Waals surface area contributed by atoms with Crippen LogP contribution in [0.25, 0.3) is 0 Å². The minimum Gasteiger partial charge on any atom is -0.387 e. The van der Waals surface area contributed by atoms with Crippen molar-refractivity contribution in [1.29, 1.82) is 0 Å². The molecule has 1 unspecified atom stereocenters. The third kappa shape index (κ3) is 2.88. The van der Waals surface area contributed by atoms with E-state index in [1.165, 1.54) is 12.1 Å². The fourth-order valence-corrected chi connectivity index (χ4v) is 2.06. The molecule has 0 bridgehead atoms. The minimum absolute atomic E-state index is 0.0375. The number of carbonyl (C=O) groups excluding carboxylic acids is 4. The van der Waals surface area contributed by atoms with E-state index in [4.69, 9.17) is 0 Å². The van der Waals surface area contributed by atoms with Gasteiger partial charge in [0.25, 0.3) is 0 Å². The van der Waals surface area contributed by atoms with Gasteiger partial charge in [0.15, 0.2) is 5.37 Å². The van der Waals surface area contributed by atoms with Crippen LogP contribution in [0.3, 0.4) is 0 Å². The molecule has 2 amide bonds. The van der Waals surface area contributed by atoms with Crippen molar-refractivity contribution in [3.8, 4) is 0 Å². The van der Waals surface area contributed by atoms with Gasteiger partial charge in [0, 0.05) is 12.8 Å². The highest BCUT2D eigenvalue weighted by atomic mass is 32.1. The first-order valence-corrected chi connectivity index (χ1v) is 6.36. The van der Waals surface area contributed by atoms with Crippen LogP contribution >= 0.6 is 12.6 Å². The molecule has 1 saturated heterocycles. The Labute approximate surface area is 120 Å². The van der Waals surface area contributed by atoms with Crippen molar-refractivity contribution in [3.63, 3.8) is 0 Å². The SMILES string of the molecule is O=C(OC(=O)C(S)N1C(=O)CCC1=O)c1ccccc1. The van der Waals surface area contributed by atoms with Crippen LogP contribution in [0.1, 0.15) is 23.2 Å². The van der Waals surface area contributed by atoms with Gasteiger partial charge in [0.2, 0.25) is 11.8 Å². The van der Waals surface area contributed by atoms with E-state index in [-0.39, 0.29) is 18.4 Å². The number of ether oxygens (including phenoxy) is 1. The molecule has 1 fully saturated rings. The number of thiol groups is 1. The molecule has 0 spiro atoms. The smallest absolute Gasteiger partial charge is 0.347 e. The molecule has 0 aromatic heterocycles. The summed E-state index contributed by atoms with van der Waals surface area (Å²) in [6.45, 7) is 0. The van der Waals surface area contributed by atoms with Crippen molar-refractivity contribution in [2.45, 2.75) is 18.2 Å². The zero-order valence-corrected chi connectivity index (χ0v) is 11.2. The van der Waals surface area contributed by atoms with E-state index in [0.29, 0.717) is 4.90 Å². The zero-order chi connectivity index (χ0) is 14.7. The Bertz CT molecular complexity index is 555. The lowest BCUT2D eigenvalue weighted by molar-refractivity contribution is -0.150. The van der Waals surface area contributed by atoms with Gasteiger partial charge in [0.1, 0.15) is 0 Å². The van der Waals surface area contributed by atoms with Crippen molar-refractivity contribution in [2.75, 3.05) is 0 Å². The van der Waals surface area contributed by atoms with E-state index >= 15 is 0 Å². The molecule has 104 valence electrons. The predicted molar refractivity (Wildman–Crippen MR) is 70.7 cm³/mol. The van der Waals surface area contributed by atoms with Gasteiger partial charge >= 0.3 is 11.9 Å². The summed E-state index contributed by atoms with van der Waals surface area (Å²) in [5, 5.41) is -1.40. The van der Waals surface area contributed by atoms with Gasteiger partial charge in [-0.1, -0.05) is 18.2 Å². The molecule has 1 atom stereocenters. The van der Waals surface area contributed by atoms with Crippen LogP contribution in [-0.4, -0.2) is 34.0 Å². The van der Waals surface area contributed by atoms with E-state index in [2.05, 4.69) is 17.4 Å². The first kappa shape index (κ1) is 14.3. The van der Waals surface area contributed by atoms with E-state index in [9.17, 15) is 19.2 Å². The van der Waals surface area contributed by atoms with Crippen molar-refractivity contribution < 1.29 is 23.9 Å². The molecule has 0 radical (unpaired) electrons. The maximum atomic E-state index is 11.7. The lowest BCUT2D eigenvalue weighted by Gasteiger charge is -2.19. The maximum absolute atomic E-state index is 11.7. The number of rotatable bonds is 3. The highest BCUT2D eigenvalue weighted by molar-refractivity contribution is 7.81. The first-order chi connectivity index (χ1) is 9.50. The van der Waals surface area contributed by atoms with Crippen LogP contribution in [0.15, 0.2) is 30.3 Å². The Kier molecular flexibility index (Phi) is 4.19. The molecule has 0 saturated carbocycles. The average molecular weight is 293 g/mol. The molecule has 1 aromatic carbocycles. The monoisotopic (exact) mass is 293 g/mol. The number of esters is 2. The third-order valence-electron chi connectivity index (χ3n) is 2.75. The largest absolute Gasteiger partial charge is 0.387 e. The van der Waals surface area contributed by atoms with Crippen molar-refractivity contribution >= 4 is 36.4 Å². The molecule has 0 N–H and O–H groups in total. The van der Waals surface area contributed by atoms with Crippen molar-refractivity contribution in [2.24, 2.45) is 0 Å². The van der Waals surface area contributed by atoms with Crippen LogP contribution in [0, 0.1) is 0 Å². The molecular formula is C13H11NO5S. The maximum Gasteiger partial charge on any atom is 0.347 e. The number of hydrogen-bond acceptors (Lipinski definition) is 6. The van der Waals surface area contributed by atoms with E-state index in [0.717, 1.165) is 0 Å². The van der Waals surface area contributed by atoms with E-state index < -0.39 is 29.1 Å². The van der Waals surface area contributed by atoms with E-state index in [1.807, 2.05) is 0 Å². The number of benzene rings is 1. The van der Waals surface area contributed by atoms with Crippen LogP contribution in [0.2, 0.25) is 0 Å². The van der Waals surface area contributed by atoms with Gasteiger partial charge in [-0.05, 0) is 12.1 Å². The second kappa shape index (κ2) is 5.87. The summed E-state index contributed by atoms with van der Waals surface area (Å²) in [6.07, 6.45) is 0.0750. The second-order valence-corrected chi connectivity index (χ2v) is 4.59. The first-order valence-electron chi connectivity index (χ1n) is 5.84. The Balaban J connectivity index is 2.03. The number of imide groups is 1. The molecule has 6 nitrogen and oxygen atoms in total. The van der Waals surface area contributed by atoms with Crippen LogP contribution < -0.4 is 0 Å². The van der Waals surface area contributed by atoms with Crippen LogP contribution in [0.4, 0.5) is 0 Å². The van der Waals surface area contributed by atoms with Crippen molar-refractivity contribution in [3.05, 3.63) is 35.9 Å². The Hall–Kier alpha value is -2.15. The predicted octanol–water partition coefficient (Wildman–Crippen LogP) is 0.775. The van der Waals surface area contributed by atoms with Gasteiger partial charge in [-0.25, -0.2) is 9.59 Å². The summed E-state index contributed by atoms with van der Waals surface area (Å²) in [6, 6.07) is 7.91. The number of likely N-dealkylation sites (tertiary alicyclic amines) is 1. The molecule has 2 rings (SSSR count). The van der Waals surface area contributed by atoms with E-state index in [1.54, 1.807) is 18.2 Å². The summed E-state index contributed by atoms with van der Waals surface area (Å²) < 4.78 is 4.61. The summed E-state index contributed by atoms with van der Waals surface area (Å²) in [7, 11) is 0. The number of hydrogen-bond donors (Lipinski definition) is 1. The number of amides is 2. The molecule has 0 aliphatic carbocycles. The van der Waals surface area contributed by atoms with Gasteiger partial charge in [0.05, 0.1) is 5.56 Å². The summed E-state index contributed by atoms with van der Waals surface area (Å²) in [5.41, 5.74) is 0.195. The topological polar surface area (TPSA) is 80.8 Å². The molecule has 1 aliphatic heterocycles. The molecule has 20 heavy (non-hydrogen) atoms. The van der Waals surface area contributed by atoms with Crippen molar-refractivity contribution in [1.82, 2.24) is 4.90 Å². The zero-order valence-electron chi connectivity index (χ0n) is 10.3. The Morgan fingerprint density at radius 1 is 1.10 bits per heavy atom. The summed E-state index contributed by atoms with van der Waals surface area (Å²) in [5.74, 6) is -2.90. The molecule has 1 aromatic rings. The standard InChI is InChI=1S/C13H11NO5S/c15-9-6-7-10(16)14(9)11(20)13(18)19-12(17)8-4-2-1-3-5-8/h1-5,11,20H,6-7H2. The lowest BCUT2D eigenvalue weighted by Crippen LogP contribution is -2.42. The number of nitrogens with zero attached hydrogens (tertiary/aromatic N) is 1.